The fourth-order valence-electron chi connectivity index (χ4n) is 2.05. The number of hydrogen-bond donors (Lipinski definition) is 0. The first-order valence-corrected chi connectivity index (χ1v) is 7.95. The van der Waals surface area contributed by atoms with E-state index < -0.39 is 0 Å². The lowest BCUT2D eigenvalue weighted by Gasteiger charge is -2.10. The second-order valence-corrected chi connectivity index (χ2v) is 6.01. The predicted octanol–water partition coefficient (Wildman–Crippen LogP) is 6.18. The zero-order valence-electron chi connectivity index (χ0n) is 10.8. The normalized spacial score (nSPS) is 10.8. The summed E-state index contributed by atoms with van der Waals surface area (Å²) >= 11 is 15.4. The number of alkyl halides is 1. The van der Waals surface area contributed by atoms with Crippen molar-refractivity contribution in [3.63, 3.8) is 0 Å². The van der Waals surface area contributed by atoms with Gasteiger partial charge in [-0.25, -0.2) is 4.98 Å². The molecule has 21 heavy (non-hydrogen) atoms. The van der Waals surface area contributed by atoms with Crippen molar-refractivity contribution in [3.8, 4) is 11.6 Å². The molecule has 0 amide bonds. The van der Waals surface area contributed by atoms with Crippen molar-refractivity contribution in [1.29, 1.82) is 0 Å². The molecule has 0 unspecified atom stereocenters. The maximum atomic E-state index is 6.02. The van der Waals surface area contributed by atoms with Crippen molar-refractivity contribution in [3.05, 3.63) is 63.6 Å². The number of pyridine rings is 1. The number of ether oxygens (including phenoxy) is 1. The van der Waals surface area contributed by atoms with Crippen LogP contribution in [0.3, 0.4) is 0 Å². The Kier molecular flexibility index (Phi) is 4.34. The van der Waals surface area contributed by atoms with Gasteiger partial charge in [0.15, 0.2) is 0 Å². The van der Waals surface area contributed by atoms with E-state index in [1.54, 1.807) is 18.2 Å². The van der Waals surface area contributed by atoms with Gasteiger partial charge in [0.05, 0.1) is 9.99 Å². The van der Waals surface area contributed by atoms with Gasteiger partial charge in [0.2, 0.25) is 5.88 Å². The van der Waals surface area contributed by atoms with Crippen molar-refractivity contribution >= 4 is 50.0 Å². The minimum atomic E-state index is 0.404. The predicted molar refractivity (Wildman–Crippen MR) is 90.5 cm³/mol. The Balaban J connectivity index is 2.04. The quantitative estimate of drug-likeness (QED) is 0.504. The lowest BCUT2D eigenvalue weighted by atomic mass is 10.1. The highest BCUT2D eigenvalue weighted by Crippen LogP contribution is 2.33. The maximum Gasteiger partial charge on any atom is 0.220 e. The van der Waals surface area contributed by atoms with Crippen LogP contribution in [-0.4, -0.2) is 4.98 Å². The van der Waals surface area contributed by atoms with E-state index in [4.69, 9.17) is 27.9 Å². The average Bonchev–Trinajstić information content (AvgIpc) is 2.49. The third kappa shape index (κ3) is 3.15. The minimum Gasteiger partial charge on any atom is -0.438 e. The number of fused-ring (bicyclic) bond motifs is 1. The van der Waals surface area contributed by atoms with Gasteiger partial charge < -0.3 is 4.74 Å². The maximum absolute atomic E-state index is 6.02. The Morgan fingerprint density at radius 3 is 2.67 bits per heavy atom. The van der Waals surface area contributed by atoms with Crippen LogP contribution in [0.2, 0.25) is 5.02 Å². The Bertz CT molecular complexity index is 807. The first-order valence-electron chi connectivity index (χ1n) is 6.25. The molecule has 1 aromatic heterocycles. The zero-order valence-corrected chi connectivity index (χ0v) is 13.9. The summed E-state index contributed by atoms with van der Waals surface area (Å²) in [6, 6.07) is 15.1. The van der Waals surface area contributed by atoms with Gasteiger partial charge in [-0.1, -0.05) is 29.8 Å². The Labute approximate surface area is 140 Å². The molecule has 0 saturated carbocycles. The van der Waals surface area contributed by atoms with Crippen LogP contribution in [0.1, 0.15) is 5.56 Å². The second kappa shape index (κ2) is 6.22. The van der Waals surface area contributed by atoms with Crippen LogP contribution in [-0.2, 0) is 5.88 Å². The van der Waals surface area contributed by atoms with Crippen LogP contribution in [0, 0.1) is 0 Å². The fraction of sp³-hybridized carbons (Fsp3) is 0.0625. The van der Waals surface area contributed by atoms with E-state index >= 15 is 0 Å². The van der Waals surface area contributed by atoms with Gasteiger partial charge >= 0.3 is 0 Å². The summed E-state index contributed by atoms with van der Waals surface area (Å²) < 4.78 is 6.61. The van der Waals surface area contributed by atoms with Crippen molar-refractivity contribution in [2.45, 2.75) is 5.88 Å². The van der Waals surface area contributed by atoms with E-state index in [1.807, 2.05) is 30.3 Å². The fourth-order valence-corrected chi connectivity index (χ4v) is 3.04. The standard InChI is InChI=1S/C16H10BrCl2NO/c17-13-8-11(19)5-6-15(13)21-16-7-10(9-18)12-3-1-2-4-14(12)20-16/h1-8H,9H2. The lowest BCUT2D eigenvalue weighted by Crippen LogP contribution is -1.93. The molecular formula is C16H10BrCl2NO. The molecule has 2 nitrogen and oxygen atoms in total. The molecule has 5 heteroatoms. The highest BCUT2D eigenvalue weighted by Gasteiger charge is 2.09. The lowest BCUT2D eigenvalue weighted by molar-refractivity contribution is 0.462. The van der Waals surface area contributed by atoms with E-state index in [2.05, 4.69) is 20.9 Å². The van der Waals surface area contributed by atoms with E-state index in [9.17, 15) is 0 Å². The number of hydrogen-bond acceptors (Lipinski definition) is 2. The first-order chi connectivity index (χ1) is 10.2. The number of benzene rings is 2. The highest BCUT2D eigenvalue weighted by molar-refractivity contribution is 9.10. The number of aromatic nitrogens is 1. The molecule has 0 atom stereocenters. The highest BCUT2D eigenvalue weighted by atomic mass is 79.9. The van der Waals surface area contributed by atoms with Crippen molar-refractivity contribution in [1.82, 2.24) is 4.98 Å². The Morgan fingerprint density at radius 1 is 1.10 bits per heavy atom. The van der Waals surface area contributed by atoms with E-state index in [1.165, 1.54) is 0 Å². The van der Waals surface area contributed by atoms with Crippen molar-refractivity contribution < 1.29 is 4.74 Å². The average molecular weight is 383 g/mol. The molecule has 0 radical (unpaired) electrons. The van der Waals surface area contributed by atoms with Crippen LogP contribution in [0.25, 0.3) is 10.9 Å². The third-order valence-corrected chi connectivity index (χ3v) is 4.17. The molecule has 0 aliphatic carbocycles. The molecule has 106 valence electrons. The number of para-hydroxylation sites is 1. The molecule has 0 bridgehead atoms. The van der Waals surface area contributed by atoms with Crippen LogP contribution in [0.4, 0.5) is 0 Å². The van der Waals surface area contributed by atoms with Crippen LogP contribution < -0.4 is 4.74 Å². The van der Waals surface area contributed by atoms with Crippen LogP contribution >= 0.6 is 39.1 Å². The van der Waals surface area contributed by atoms with E-state index in [0.717, 1.165) is 20.9 Å². The molecule has 2 aromatic carbocycles. The first kappa shape index (κ1) is 14.6. The third-order valence-electron chi connectivity index (χ3n) is 3.03. The number of nitrogens with zero attached hydrogens (tertiary/aromatic N) is 1. The second-order valence-electron chi connectivity index (χ2n) is 4.45. The molecular weight excluding hydrogens is 373 g/mol. The summed E-state index contributed by atoms with van der Waals surface area (Å²) in [5.41, 5.74) is 1.85. The molecule has 0 aliphatic heterocycles. The van der Waals surface area contributed by atoms with Gasteiger partial charge in [0.1, 0.15) is 5.75 Å². The Morgan fingerprint density at radius 2 is 1.90 bits per heavy atom. The summed E-state index contributed by atoms with van der Waals surface area (Å²) in [6.07, 6.45) is 0. The molecule has 3 rings (SSSR count). The molecule has 0 fully saturated rings. The summed E-state index contributed by atoms with van der Waals surface area (Å²) in [5, 5.41) is 1.68. The molecule has 0 aliphatic rings. The minimum absolute atomic E-state index is 0.404. The Hall–Kier alpha value is -1.29. The summed E-state index contributed by atoms with van der Waals surface area (Å²) in [6.45, 7) is 0. The van der Waals surface area contributed by atoms with Crippen molar-refractivity contribution in [2.24, 2.45) is 0 Å². The van der Waals surface area contributed by atoms with Gasteiger partial charge in [-0.3, -0.25) is 0 Å². The molecule has 1 heterocycles. The topological polar surface area (TPSA) is 22.1 Å². The monoisotopic (exact) mass is 381 g/mol. The molecule has 3 aromatic rings. The van der Waals surface area contributed by atoms with E-state index in [0.29, 0.717) is 22.5 Å². The summed E-state index contributed by atoms with van der Waals surface area (Å²) in [5.74, 6) is 1.57. The smallest absolute Gasteiger partial charge is 0.220 e. The van der Waals surface area contributed by atoms with Gasteiger partial charge in [-0.15, -0.1) is 11.6 Å². The largest absolute Gasteiger partial charge is 0.438 e. The summed E-state index contributed by atoms with van der Waals surface area (Å²) in [7, 11) is 0. The molecule has 0 spiro atoms. The van der Waals surface area contributed by atoms with Gasteiger partial charge in [-0.2, -0.15) is 0 Å². The van der Waals surface area contributed by atoms with Gasteiger partial charge in [-0.05, 0) is 45.8 Å². The van der Waals surface area contributed by atoms with Crippen molar-refractivity contribution in [2.75, 3.05) is 0 Å². The number of halogens is 3. The van der Waals surface area contributed by atoms with Gasteiger partial charge in [0.25, 0.3) is 0 Å². The molecule has 0 N–H and O–H groups in total. The van der Waals surface area contributed by atoms with E-state index in [-0.39, 0.29) is 0 Å². The summed E-state index contributed by atoms with van der Waals surface area (Å²) in [4.78, 5) is 4.51. The molecule has 0 saturated heterocycles. The van der Waals surface area contributed by atoms with Crippen LogP contribution in [0.15, 0.2) is 53.0 Å². The van der Waals surface area contributed by atoms with Gasteiger partial charge in [0, 0.05) is 22.4 Å². The number of rotatable bonds is 3. The van der Waals surface area contributed by atoms with Crippen LogP contribution in [0.5, 0.6) is 11.6 Å². The SMILES string of the molecule is ClCc1cc(Oc2ccc(Cl)cc2Br)nc2ccccc12. The zero-order chi connectivity index (χ0) is 14.8.